The predicted molar refractivity (Wildman–Crippen MR) is 67.7 cm³/mol. The monoisotopic (exact) mass is 206 g/mol. The van der Waals surface area contributed by atoms with Crippen LogP contribution in [0.3, 0.4) is 0 Å². The second kappa shape index (κ2) is 6.28. The van der Waals surface area contributed by atoms with E-state index in [0.29, 0.717) is 0 Å². The molecule has 0 saturated heterocycles. The minimum Gasteiger partial charge on any atom is -0.483 e. The van der Waals surface area contributed by atoms with Gasteiger partial charge in [-0.15, -0.1) is 0 Å². The molecule has 84 valence electrons. The summed E-state index contributed by atoms with van der Waals surface area (Å²) in [6.45, 7) is 13.7. The molecule has 1 aliphatic rings. The van der Waals surface area contributed by atoms with E-state index in [4.69, 9.17) is 4.74 Å². The van der Waals surface area contributed by atoms with Gasteiger partial charge < -0.3 is 4.74 Å². The van der Waals surface area contributed by atoms with Crippen LogP contribution in [0.5, 0.6) is 0 Å². The third-order valence-electron chi connectivity index (χ3n) is 1.90. The van der Waals surface area contributed by atoms with Gasteiger partial charge in [0.15, 0.2) is 0 Å². The highest BCUT2D eigenvalue weighted by Crippen LogP contribution is 2.28. The van der Waals surface area contributed by atoms with Gasteiger partial charge in [-0.2, -0.15) is 0 Å². The van der Waals surface area contributed by atoms with Gasteiger partial charge >= 0.3 is 0 Å². The molecular weight excluding hydrogens is 184 g/mol. The van der Waals surface area contributed by atoms with Crippen LogP contribution in [-0.4, -0.2) is 5.60 Å². The zero-order chi connectivity index (χ0) is 11.9. The van der Waals surface area contributed by atoms with Gasteiger partial charge in [0, 0.05) is 5.57 Å². The lowest BCUT2D eigenvalue weighted by molar-refractivity contribution is 0.0795. The molecule has 0 spiro atoms. The SMILES string of the molecule is C=C/C=C1/OC(C)(C)C=C/C1=C/C.CC. The molecule has 0 amide bonds. The summed E-state index contributed by atoms with van der Waals surface area (Å²) in [5.41, 5.74) is 0.903. The van der Waals surface area contributed by atoms with Crippen molar-refractivity contribution in [1.29, 1.82) is 0 Å². The van der Waals surface area contributed by atoms with Crippen molar-refractivity contribution < 1.29 is 4.74 Å². The van der Waals surface area contributed by atoms with E-state index < -0.39 is 0 Å². The topological polar surface area (TPSA) is 9.23 Å². The van der Waals surface area contributed by atoms with Gasteiger partial charge in [-0.25, -0.2) is 0 Å². The molecule has 0 aromatic rings. The molecule has 0 aliphatic carbocycles. The van der Waals surface area contributed by atoms with Gasteiger partial charge in [0.1, 0.15) is 11.4 Å². The van der Waals surface area contributed by atoms with Gasteiger partial charge in [-0.1, -0.05) is 38.7 Å². The van der Waals surface area contributed by atoms with Crippen molar-refractivity contribution in [2.45, 2.75) is 40.2 Å². The second-order valence-electron chi connectivity index (χ2n) is 3.55. The Balaban J connectivity index is 0.000000921. The Labute approximate surface area is 93.8 Å². The van der Waals surface area contributed by atoms with Gasteiger partial charge in [0.2, 0.25) is 0 Å². The summed E-state index contributed by atoms with van der Waals surface area (Å²) in [6, 6.07) is 0. The number of hydrogen-bond donors (Lipinski definition) is 0. The van der Waals surface area contributed by atoms with Crippen molar-refractivity contribution in [2.24, 2.45) is 0 Å². The largest absolute Gasteiger partial charge is 0.483 e. The molecule has 0 fully saturated rings. The fourth-order valence-electron chi connectivity index (χ4n) is 1.22. The smallest absolute Gasteiger partial charge is 0.127 e. The Morgan fingerprint density at radius 3 is 2.40 bits per heavy atom. The first kappa shape index (κ1) is 13.8. The summed E-state index contributed by atoms with van der Waals surface area (Å²) in [5.74, 6) is 0.894. The summed E-state index contributed by atoms with van der Waals surface area (Å²) in [5, 5.41) is 0. The average Bonchev–Trinajstić information content (AvgIpc) is 2.21. The molecule has 0 unspecified atom stereocenters. The van der Waals surface area contributed by atoms with Crippen LogP contribution >= 0.6 is 0 Å². The van der Waals surface area contributed by atoms with Crippen molar-refractivity contribution in [2.75, 3.05) is 0 Å². The third kappa shape index (κ3) is 4.20. The Morgan fingerprint density at radius 1 is 1.33 bits per heavy atom. The molecule has 1 heterocycles. The molecule has 1 nitrogen and oxygen atoms in total. The fourth-order valence-corrected chi connectivity index (χ4v) is 1.22. The summed E-state index contributed by atoms with van der Waals surface area (Å²) in [7, 11) is 0. The Kier molecular flexibility index (Phi) is 5.76. The van der Waals surface area contributed by atoms with Crippen LogP contribution in [0.15, 0.2) is 48.3 Å². The molecule has 0 radical (unpaired) electrons. The van der Waals surface area contributed by atoms with E-state index in [1.807, 2.05) is 46.8 Å². The Hall–Kier alpha value is -1.24. The maximum atomic E-state index is 5.75. The highest BCUT2D eigenvalue weighted by molar-refractivity contribution is 5.41. The van der Waals surface area contributed by atoms with E-state index in [1.54, 1.807) is 6.08 Å². The van der Waals surface area contributed by atoms with Gasteiger partial charge in [-0.3, -0.25) is 0 Å². The van der Waals surface area contributed by atoms with Crippen LogP contribution in [-0.2, 0) is 4.74 Å². The standard InChI is InChI=1S/C12H16O.C2H6/c1-5-7-11-10(6-2)8-9-12(3,4)13-11;1-2/h5-9H,1H2,2-4H3;1-2H3/b10-6-,11-7+;. The molecule has 0 aromatic carbocycles. The molecule has 0 aromatic heterocycles. The lowest BCUT2D eigenvalue weighted by atomic mass is 10.0. The van der Waals surface area contributed by atoms with Crippen LogP contribution in [0.25, 0.3) is 0 Å². The lowest BCUT2D eigenvalue weighted by Gasteiger charge is -2.29. The summed E-state index contributed by atoms with van der Waals surface area (Å²) >= 11 is 0. The van der Waals surface area contributed by atoms with Crippen molar-refractivity contribution in [3.05, 3.63) is 48.3 Å². The minimum atomic E-state index is -0.207. The highest BCUT2D eigenvalue weighted by atomic mass is 16.5. The fraction of sp³-hybridized carbons (Fsp3) is 0.429. The van der Waals surface area contributed by atoms with E-state index in [1.165, 1.54) is 0 Å². The minimum absolute atomic E-state index is 0.207. The highest BCUT2D eigenvalue weighted by Gasteiger charge is 2.22. The van der Waals surface area contributed by atoms with Gasteiger partial charge in [-0.05, 0) is 32.9 Å². The normalized spacial score (nSPS) is 23.0. The Bertz CT molecular complexity index is 290. The van der Waals surface area contributed by atoms with Crippen LogP contribution in [0.4, 0.5) is 0 Å². The summed E-state index contributed by atoms with van der Waals surface area (Å²) < 4.78 is 5.75. The van der Waals surface area contributed by atoms with Crippen molar-refractivity contribution >= 4 is 0 Å². The molecule has 1 rings (SSSR count). The molecule has 1 aliphatic heterocycles. The van der Waals surface area contributed by atoms with E-state index >= 15 is 0 Å². The number of allylic oxidation sites excluding steroid dienone is 4. The van der Waals surface area contributed by atoms with Crippen LogP contribution in [0.2, 0.25) is 0 Å². The average molecular weight is 206 g/mol. The first-order valence-corrected chi connectivity index (χ1v) is 5.47. The quantitative estimate of drug-likeness (QED) is 0.618. The first-order chi connectivity index (χ1) is 7.09. The second-order valence-corrected chi connectivity index (χ2v) is 3.55. The molecule has 0 N–H and O–H groups in total. The van der Waals surface area contributed by atoms with Gasteiger partial charge in [0.05, 0.1) is 0 Å². The van der Waals surface area contributed by atoms with E-state index in [-0.39, 0.29) is 5.60 Å². The predicted octanol–water partition coefficient (Wildman–Crippen LogP) is 4.39. The molecule has 15 heavy (non-hydrogen) atoms. The number of hydrogen-bond acceptors (Lipinski definition) is 1. The van der Waals surface area contributed by atoms with Crippen LogP contribution in [0, 0.1) is 0 Å². The molecule has 1 heteroatoms. The van der Waals surface area contributed by atoms with Crippen molar-refractivity contribution in [3.8, 4) is 0 Å². The maximum Gasteiger partial charge on any atom is 0.127 e. The number of ether oxygens (including phenoxy) is 1. The lowest BCUT2D eigenvalue weighted by Crippen LogP contribution is -2.24. The van der Waals surface area contributed by atoms with Crippen LogP contribution in [0.1, 0.15) is 34.6 Å². The number of rotatable bonds is 1. The molecule has 0 bridgehead atoms. The van der Waals surface area contributed by atoms with Gasteiger partial charge in [0.25, 0.3) is 0 Å². The van der Waals surface area contributed by atoms with Crippen molar-refractivity contribution in [1.82, 2.24) is 0 Å². The summed E-state index contributed by atoms with van der Waals surface area (Å²) in [6.07, 6.45) is 9.80. The van der Waals surface area contributed by atoms with E-state index in [9.17, 15) is 0 Å². The molecule has 0 saturated carbocycles. The van der Waals surface area contributed by atoms with E-state index in [0.717, 1.165) is 11.3 Å². The summed E-state index contributed by atoms with van der Waals surface area (Å²) in [4.78, 5) is 0. The molecule has 0 atom stereocenters. The van der Waals surface area contributed by atoms with E-state index in [2.05, 4.69) is 18.7 Å². The molecular formula is C14H22O. The Morgan fingerprint density at radius 2 is 1.93 bits per heavy atom. The zero-order valence-electron chi connectivity index (χ0n) is 10.5. The first-order valence-electron chi connectivity index (χ1n) is 5.47. The zero-order valence-corrected chi connectivity index (χ0v) is 10.5. The van der Waals surface area contributed by atoms with Crippen LogP contribution < -0.4 is 0 Å². The maximum absolute atomic E-state index is 5.75. The third-order valence-corrected chi connectivity index (χ3v) is 1.90. The van der Waals surface area contributed by atoms with Crippen molar-refractivity contribution in [3.63, 3.8) is 0 Å².